The molecule has 4 heterocycles. The summed E-state index contributed by atoms with van der Waals surface area (Å²) in [5.41, 5.74) is 1.40. The lowest BCUT2D eigenvalue weighted by molar-refractivity contribution is 0.0714. The van der Waals surface area contributed by atoms with Crippen LogP contribution in [-0.2, 0) is 0 Å². The summed E-state index contributed by atoms with van der Waals surface area (Å²) in [6.07, 6.45) is 8.63. The molecule has 0 aromatic carbocycles. The van der Waals surface area contributed by atoms with Crippen LogP contribution in [0.15, 0.2) is 47.6 Å². The molecular formula is C17H17N5O2. The Morgan fingerprint density at radius 2 is 2.29 bits per heavy atom. The minimum atomic E-state index is -0.0491. The van der Waals surface area contributed by atoms with Crippen LogP contribution in [0.5, 0.6) is 0 Å². The standard InChI is InChI=1S/C17H17N5O2/c1-12-9-15(24-20-12)14-3-2-7-22(14)17(23)13-4-5-16(19-10-13)21-8-6-18-11-21/h4-6,8-11,14H,2-3,7H2,1H3/t14-/m0/s1. The molecule has 1 fully saturated rings. The molecule has 1 saturated heterocycles. The number of aromatic nitrogens is 4. The lowest BCUT2D eigenvalue weighted by Gasteiger charge is -2.22. The van der Waals surface area contributed by atoms with Crippen molar-refractivity contribution in [3.8, 4) is 5.82 Å². The molecule has 7 nitrogen and oxygen atoms in total. The Bertz CT molecular complexity index is 838. The maximum Gasteiger partial charge on any atom is 0.256 e. The van der Waals surface area contributed by atoms with Crippen LogP contribution >= 0.6 is 0 Å². The quantitative estimate of drug-likeness (QED) is 0.740. The number of pyridine rings is 1. The van der Waals surface area contributed by atoms with Gasteiger partial charge >= 0.3 is 0 Å². The van der Waals surface area contributed by atoms with E-state index in [-0.39, 0.29) is 11.9 Å². The van der Waals surface area contributed by atoms with Crippen molar-refractivity contribution in [1.29, 1.82) is 0 Å². The highest BCUT2D eigenvalue weighted by Gasteiger charge is 2.33. The van der Waals surface area contributed by atoms with E-state index in [9.17, 15) is 4.79 Å². The van der Waals surface area contributed by atoms with Crippen molar-refractivity contribution in [1.82, 2.24) is 24.6 Å². The summed E-state index contributed by atoms with van der Waals surface area (Å²) in [7, 11) is 0. The lowest BCUT2D eigenvalue weighted by atomic mass is 10.1. The fraction of sp³-hybridized carbons (Fsp3) is 0.294. The molecule has 0 N–H and O–H groups in total. The van der Waals surface area contributed by atoms with Gasteiger partial charge in [-0.15, -0.1) is 0 Å². The number of amides is 1. The van der Waals surface area contributed by atoms with Gasteiger partial charge in [-0.1, -0.05) is 5.16 Å². The van der Waals surface area contributed by atoms with Crippen LogP contribution in [0.4, 0.5) is 0 Å². The third-order valence-electron chi connectivity index (χ3n) is 4.25. The second kappa shape index (κ2) is 5.92. The largest absolute Gasteiger partial charge is 0.359 e. The first kappa shape index (κ1) is 14.6. The minimum Gasteiger partial charge on any atom is -0.359 e. The van der Waals surface area contributed by atoms with Crippen LogP contribution in [0.3, 0.4) is 0 Å². The molecule has 0 spiro atoms. The van der Waals surface area contributed by atoms with Crippen LogP contribution < -0.4 is 0 Å². The highest BCUT2D eigenvalue weighted by molar-refractivity contribution is 5.94. The first-order valence-corrected chi connectivity index (χ1v) is 7.91. The lowest BCUT2D eigenvalue weighted by Crippen LogP contribution is -2.30. The van der Waals surface area contributed by atoms with Crippen molar-refractivity contribution < 1.29 is 9.32 Å². The van der Waals surface area contributed by atoms with E-state index >= 15 is 0 Å². The Balaban J connectivity index is 1.56. The highest BCUT2D eigenvalue weighted by atomic mass is 16.5. The van der Waals surface area contributed by atoms with Crippen molar-refractivity contribution in [2.45, 2.75) is 25.8 Å². The number of carbonyl (C=O) groups excluding carboxylic acids is 1. The van der Waals surface area contributed by atoms with Crippen molar-refractivity contribution in [2.24, 2.45) is 0 Å². The summed E-state index contributed by atoms with van der Waals surface area (Å²) >= 11 is 0. The summed E-state index contributed by atoms with van der Waals surface area (Å²) in [5, 5.41) is 3.93. The van der Waals surface area contributed by atoms with Crippen LogP contribution in [0.25, 0.3) is 5.82 Å². The van der Waals surface area contributed by atoms with E-state index in [4.69, 9.17) is 4.52 Å². The predicted octanol–water partition coefficient (Wildman–Crippen LogP) is 2.54. The molecule has 122 valence electrons. The average Bonchev–Trinajstić information content (AvgIpc) is 3.35. The fourth-order valence-corrected chi connectivity index (χ4v) is 3.07. The maximum atomic E-state index is 12.8. The number of aryl methyl sites for hydroxylation is 1. The van der Waals surface area contributed by atoms with Gasteiger partial charge < -0.3 is 9.42 Å². The molecule has 1 amide bonds. The van der Waals surface area contributed by atoms with Crippen molar-refractivity contribution in [3.05, 3.63) is 60.1 Å². The van der Waals surface area contributed by atoms with Gasteiger partial charge in [0.25, 0.3) is 5.91 Å². The molecule has 1 aliphatic rings. The number of hydrogen-bond donors (Lipinski definition) is 0. The monoisotopic (exact) mass is 323 g/mol. The van der Waals surface area contributed by atoms with Gasteiger partial charge in [0.05, 0.1) is 17.3 Å². The first-order valence-electron chi connectivity index (χ1n) is 7.91. The Morgan fingerprint density at radius 1 is 1.38 bits per heavy atom. The number of hydrogen-bond acceptors (Lipinski definition) is 5. The van der Waals surface area contributed by atoms with Gasteiger partial charge in [0.15, 0.2) is 5.76 Å². The summed E-state index contributed by atoms with van der Waals surface area (Å²) in [6, 6.07) is 5.47. The van der Waals surface area contributed by atoms with E-state index < -0.39 is 0 Å². The molecule has 3 aromatic heterocycles. The maximum absolute atomic E-state index is 12.8. The van der Waals surface area contributed by atoms with E-state index in [1.807, 2.05) is 30.2 Å². The van der Waals surface area contributed by atoms with E-state index in [0.717, 1.165) is 30.1 Å². The van der Waals surface area contributed by atoms with Crippen molar-refractivity contribution in [3.63, 3.8) is 0 Å². The number of carbonyl (C=O) groups is 1. The molecule has 0 bridgehead atoms. The van der Waals surface area contributed by atoms with E-state index in [0.29, 0.717) is 12.1 Å². The van der Waals surface area contributed by atoms with Gasteiger partial charge in [-0.25, -0.2) is 9.97 Å². The van der Waals surface area contributed by atoms with Gasteiger partial charge in [-0.2, -0.15) is 0 Å². The smallest absolute Gasteiger partial charge is 0.256 e. The summed E-state index contributed by atoms with van der Waals surface area (Å²) < 4.78 is 7.16. The number of rotatable bonds is 3. The zero-order valence-electron chi connectivity index (χ0n) is 13.3. The SMILES string of the molecule is Cc1cc([C@@H]2CCCN2C(=O)c2ccc(-n3ccnc3)nc2)on1. The van der Waals surface area contributed by atoms with Gasteiger partial charge in [0.1, 0.15) is 12.1 Å². The Morgan fingerprint density at radius 3 is 2.96 bits per heavy atom. The molecule has 24 heavy (non-hydrogen) atoms. The first-order chi connectivity index (χ1) is 11.7. The van der Waals surface area contributed by atoms with Crippen molar-refractivity contribution in [2.75, 3.05) is 6.54 Å². The molecule has 0 unspecified atom stereocenters. The van der Waals surface area contributed by atoms with Crippen LogP contribution in [-0.4, -0.2) is 37.0 Å². The molecule has 0 saturated carbocycles. The highest BCUT2D eigenvalue weighted by Crippen LogP contribution is 2.33. The Hall–Kier alpha value is -2.96. The normalized spacial score (nSPS) is 17.4. The van der Waals surface area contributed by atoms with E-state index in [1.54, 1.807) is 29.4 Å². The molecule has 0 aliphatic carbocycles. The van der Waals surface area contributed by atoms with Crippen LogP contribution in [0.1, 0.15) is 40.7 Å². The van der Waals surface area contributed by atoms with Crippen molar-refractivity contribution >= 4 is 5.91 Å². The van der Waals surface area contributed by atoms with Crippen LogP contribution in [0, 0.1) is 6.92 Å². The topological polar surface area (TPSA) is 77.0 Å². The zero-order valence-corrected chi connectivity index (χ0v) is 13.3. The van der Waals surface area contributed by atoms with Gasteiger partial charge in [-0.3, -0.25) is 9.36 Å². The Kier molecular flexibility index (Phi) is 3.60. The molecule has 1 atom stereocenters. The third-order valence-corrected chi connectivity index (χ3v) is 4.25. The second-order valence-corrected chi connectivity index (χ2v) is 5.90. The predicted molar refractivity (Wildman–Crippen MR) is 85.6 cm³/mol. The fourth-order valence-electron chi connectivity index (χ4n) is 3.07. The third kappa shape index (κ3) is 2.58. The van der Waals surface area contributed by atoms with Gasteiger partial charge in [-0.05, 0) is 31.9 Å². The molecule has 1 aliphatic heterocycles. The average molecular weight is 323 g/mol. The second-order valence-electron chi connectivity index (χ2n) is 5.90. The summed E-state index contributed by atoms with van der Waals surface area (Å²) in [5.74, 6) is 1.45. The van der Waals surface area contributed by atoms with Crippen LogP contribution in [0.2, 0.25) is 0 Å². The molecule has 0 radical (unpaired) electrons. The zero-order chi connectivity index (χ0) is 16.5. The summed E-state index contributed by atoms with van der Waals surface area (Å²) in [4.78, 5) is 23.0. The number of imidazole rings is 1. The van der Waals surface area contributed by atoms with Gasteiger partial charge in [0, 0.05) is 31.2 Å². The summed E-state index contributed by atoms with van der Waals surface area (Å²) in [6.45, 7) is 2.60. The Labute approximate surface area is 138 Å². The van der Waals surface area contributed by atoms with E-state index in [1.165, 1.54) is 0 Å². The minimum absolute atomic E-state index is 0.0313. The van der Waals surface area contributed by atoms with Gasteiger partial charge in [0.2, 0.25) is 0 Å². The van der Waals surface area contributed by atoms with E-state index in [2.05, 4.69) is 15.1 Å². The molecule has 4 rings (SSSR count). The number of nitrogens with zero attached hydrogens (tertiary/aromatic N) is 5. The molecular weight excluding hydrogens is 306 g/mol. The molecule has 3 aromatic rings. The molecule has 7 heteroatoms. The number of likely N-dealkylation sites (tertiary alicyclic amines) is 1.